The number of amides is 1. The molecule has 3 rings (SSSR count). The van der Waals surface area contributed by atoms with Gasteiger partial charge in [-0.15, -0.1) is 0 Å². The van der Waals surface area contributed by atoms with E-state index in [4.69, 9.17) is 4.74 Å². The SMILES string of the molecule is C=C(C(=O)N1CCCC1C(=O)O)c1ccc(Sc2ccccc2OC)c(C(F)(F)F)c1C(F)(F)F. The van der Waals surface area contributed by atoms with Crippen LogP contribution in [0.2, 0.25) is 0 Å². The maximum atomic E-state index is 14.1. The van der Waals surface area contributed by atoms with Crippen LogP contribution in [0.15, 0.2) is 52.8 Å². The number of carbonyl (C=O) groups is 2. The Hall–Kier alpha value is -3.15. The third kappa shape index (κ3) is 5.42. The molecule has 1 aliphatic heterocycles. The summed E-state index contributed by atoms with van der Waals surface area (Å²) in [4.78, 5) is 24.5. The van der Waals surface area contributed by atoms with E-state index in [1.807, 2.05) is 0 Å². The molecule has 1 aliphatic rings. The van der Waals surface area contributed by atoms with Gasteiger partial charge in [0.2, 0.25) is 0 Å². The van der Waals surface area contributed by atoms with Gasteiger partial charge in [0.15, 0.2) is 0 Å². The predicted octanol–water partition coefficient (Wildman–Crippen LogP) is 5.97. The second-order valence-electron chi connectivity index (χ2n) is 7.58. The minimum atomic E-state index is -5.50. The molecule has 1 fully saturated rings. The van der Waals surface area contributed by atoms with Gasteiger partial charge in [0.25, 0.3) is 5.91 Å². The van der Waals surface area contributed by atoms with E-state index in [0.29, 0.717) is 11.8 Å². The molecule has 12 heteroatoms. The molecule has 0 spiro atoms. The van der Waals surface area contributed by atoms with E-state index in [1.54, 1.807) is 6.07 Å². The highest BCUT2D eigenvalue weighted by Gasteiger charge is 2.48. The van der Waals surface area contributed by atoms with Crippen molar-refractivity contribution in [2.45, 2.75) is 41.0 Å². The van der Waals surface area contributed by atoms with E-state index in [0.717, 1.165) is 17.0 Å². The van der Waals surface area contributed by atoms with E-state index in [1.165, 1.54) is 25.3 Å². The van der Waals surface area contributed by atoms with Gasteiger partial charge >= 0.3 is 18.3 Å². The van der Waals surface area contributed by atoms with Crippen LogP contribution in [-0.4, -0.2) is 41.6 Å². The van der Waals surface area contributed by atoms with Crippen molar-refractivity contribution < 1.29 is 45.8 Å². The second kappa shape index (κ2) is 9.84. The molecule has 1 heterocycles. The Morgan fingerprint density at radius 2 is 1.66 bits per heavy atom. The number of carboxylic acids is 1. The maximum absolute atomic E-state index is 14.1. The number of nitrogens with zero attached hydrogens (tertiary/aromatic N) is 1. The zero-order chi connectivity index (χ0) is 26.1. The largest absolute Gasteiger partial charge is 0.496 e. The lowest BCUT2D eigenvalue weighted by Gasteiger charge is -2.26. The number of carbonyl (C=O) groups excluding carboxylic acids is 1. The monoisotopic (exact) mass is 519 g/mol. The number of alkyl halides is 6. The smallest absolute Gasteiger partial charge is 0.418 e. The lowest BCUT2D eigenvalue weighted by molar-refractivity contribution is -0.163. The summed E-state index contributed by atoms with van der Waals surface area (Å²) in [6.45, 7) is 3.26. The van der Waals surface area contributed by atoms with Crippen molar-refractivity contribution >= 4 is 29.2 Å². The van der Waals surface area contributed by atoms with Gasteiger partial charge in [0, 0.05) is 17.0 Å². The number of para-hydroxylation sites is 1. The van der Waals surface area contributed by atoms with Crippen molar-refractivity contribution in [1.82, 2.24) is 4.90 Å². The highest BCUT2D eigenvalue weighted by Crippen LogP contribution is 2.50. The first kappa shape index (κ1) is 26.5. The summed E-state index contributed by atoms with van der Waals surface area (Å²) in [5, 5.41) is 9.27. The molecule has 1 unspecified atom stereocenters. The van der Waals surface area contributed by atoms with Crippen LogP contribution < -0.4 is 4.74 Å². The number of carboxylic acid groups (broad SMARTS) is 1. The molecule has 1 atom stereocenters. The Labute approximate surface area is 200 Å². The molecule has 1 saturated heterocycles. The lowest BCUT2D eigenvalue weighted by Crippen LogP contribution is -2.40. The Kier molecular flexibility index (Phi) is 7.44. The predicted molar refractivity (Wildman–Crippen MR) is 115 cm³/mol. The molecule has 1 amide bonds. The molecule has 1 N–H and O–H groups in total. The van der Waals surface area contributed by atoms with Gasteiger partial charge in [0.05, 0.1) is 23.1 Å². The third-order valence-corrected chi connectivity index (χ3v) is 6.52. The van der Waals surface area contributed by atoms with Gasteiger partial charge in [0.1, 0.15) is 11.8 Å². The lowest BCUT2D eigenvalue weighted by atomic mass is 9.94. The van der Waals surface area contributed by atoms with E-state index < -0.39 is 57.4 Å². The van der Waals surface area contributed by atoms with Crippen LogP contribution in [0.5, 0.6) is 5.75 Å². The van der Waals surface area contributed by atoms with E-state index in [-0.39, 0.29) is 30.0 Å². The van der Waals surface area contributed by atoms with Crippen molar-refractivity contribution in [3.05, 3.63) is 59.7 Å². The highest BCUT2D eigenvalue weighted by atomic mass is 32.2. The van der Waals surface area contributed by atoms with Gasteiger partial charge in [-0.2, -0.15) is 26.3 Å². The number of hydrogen-bond acceptors (Lipinski definition) is 4. The van der Waals surface area contributed by atoms with Crippen LogP contribution in [0.25, 0.3) is 5.57 Å². The van der Waals surface area contributed by atoms with Crippen LogP contribution in [-0.2, 0) is 21.9 Å². The number of aliphatic carboxylic acids is 1. The zero-order valence-electron chi connectivity index (χ0n) is 18.2. The Morgan fingerprint density at radius 1 is 1.03 bits per heavy atom. The number of likely N-dealkylation sites (tertiary alicyclic amines) is 1. The molecule has 0 bridgehead atoms. The Bertz CT molecular complexity index is 1160. The normalized spacial score (nSPS) is 16.3. The number of rotatable bonds is 6. The average Bonchev–Trinajstić information content (AvgIpc) is 3.27. The molecule has 2 aromatic rings. The molecule has 0 aromatic heterocycles. The summed E-state index contributed by atoms with van der Waals surface area (Å²) in [6, 6.07) is 6.18. The number of hydrogen-bond donors (Lipinski definition) is 1. The van der Waals surface area contributed by atoms with Crippen molar-refractivity contribution in [2.75, 3.05) is 13.7 Å². The molecular weight excluding hydrogens is 500 g/mol. The zero-order valence-corrected chi connectivity index (χ0v) is 19.0. The first-order valence-electron chi connectivity index (χ1n) is 10.1. The number of methoxy groups -OCH3 is 1. The molecule has 5 nitrogen and oxygen atoms in total. The van der Waals surface area contributed by atoms with Crippen LogP contribution >= 0.6 is 11.8 Å². The van der Waals surface area contributed by atoms with Crippen LogP contribution in [0.3, 0.4) is 0 Å². The fourth-order valence-electron chi connectivity index (χ4n) is 3.87. The molecule has 0 saturated carbocycles. The first-order chi connectivity index (χ1) is 16.3. The van der Waals surface area contributed by atoms with E-state index >= 15 is 0 Å². The Balaban J connectivity index is 2.17. The molecule has 2 aromatic carbocycles. The second-order valence-corrected chi connectivity index (χ2v) is 8.67. The van der Waals surface area contributed by atoms with Crippen molar-refractivity contribution in [2.24, 2.45) is 0 Å². The van der Waals surface area contributed by atoms with Gasteiger partial charge < -0.3 is 14.7 Å². The van der Waals surface area contributed by atoms with Crippen LogP contribution in [0, 0.1) is 0 Å². The topological polar surface area (TPSA) is 66.8 Å². The summed E-state index contributed by atoms with van der Waals surface area (Å²) >= 11 is 0.433. The van der Waals surface area contributed by atoms with Gasteiger partial charge in [-0.3, -0.25) is 4.79 Å². The molecule has 0 aliphatic carbocycles. The first-order valence-corrected chi connectivity index (χ1v) is 10.9. The van der Waals surface area contributed by atoms with Gasteiger partial charge in [-0.25, -0.2) is 4.79 Å². The quantitative estimate of drug-likeness (QED) is 0.376. The fraction of sp³-hybridized carbons (Fsp3) is 0.304. The molecular formula is C23H19F6NO4S. The summed E-state index contributed by atoms with van der Waals surface area (Å²) < 4.78 is 89.7. The minimum absolute atomic E-state index is 0.0654. The number of halogens is 6. The van der Waals surface area contributed by atoms with Gasteiger partial charge in [-0.1, -0.05) is 36.5 Å². The van der Waals surface area contributed by atoms with E-state index in [2.05, 4.69) is 6.58 Å². The molecule has 35 heavy (non-hydrogen) atoms. The Morgan fingerprint density at radius 3 is 2.23 bits per heavy atom. The van der Waals surface area contributed by atoms with Crippen molar-refractivity contribution in [3.63, 3.8) is 0 Å². The summed E-state index contributed by atoms with van der Waals surface area (Å²) in [7, 11) is 1.27. The fourth-order valence-corrected chi connectivity index (χ4v) is 4.96. The molecule has 188 valence electrons. The highest BCUT2D eigenvalue weighted by molar-refractivity contribution is 7.99. The summed E-state index contributed by atoms with van der Waals surface area (Å²) in [5.74, 6) is -2.37. The van der Waals surface area contributed by atoms with Crippen LogP contribution in [0.1, 0.15) is 29.5 Å². The minimum Gasteiger partial charge on any atom is -0.496 e. The van der Waals surface area contributed by atoms with Crippen LogP contribution in [0.4, 0.5) is 26.3 Å². The number of benzene rings is 2. The summed E-state index contributed by atoms with van der Waals surface area (Å²) in [6.07, 6.45) is -10.6. The number of ether oxygens (including phenoxy) is 1. The molecule has 0 radical (unpaired) electrons. The maximum Gasteiger partial charge on any atom is 0.418 e. The standard InChI is InChI=1S/C23H19F6NO4S/c1-12(20(31)30-11-5-6-14(30)21(32)33)13-9-10-17(35-16-8-4-3-7-15(16)34-2)19(23(27,28)29)18(13)22(24,25)26/h3-4,7-10,14H,1,5-6,11H2,2H3,(H,32,33). The van der Waals surface area contributed by atoms with Crippen molar-refractivity contribution in [3.8, 4) is 5.75 Å². The average molecular weight is 519 g/mol. The van der Waals surface area contributed by atoms with Crippen molar-refractivity contribution in [1.29, 1.82) is 0 Å². The summed E-state index contributed by atoms with van der Waals surface area (Å²) in [5.41, 5.74) is -5.96. The van der Waals surface area contributed by atoms with E-state index in [9.17, 15) is 41.0 Å². The third-order valence-electron chi connectivity index (χ3n) is 5.41. The van der Waals surface area contributed by atoms with Gasteiger partial charge in [-0.05, 0) is 36.6 Å².